The largest absolute Gasteiger partial charge is 1.00 e. The fourth-order valence-electron chi connectivity index (χ4n) is 3.71. The molecule has 0 saturated heterocycles. The van der Waals surface area contributed by atoms with Crippen LogP contribution in [0.2, 0.25) is 0 Å². The predicted octanol–water partition coefficient (Wildman–Crippen LogP) is 2.57. The molecule has 0 aliphatic carbocycles. The summed E-state index contributed by atoms with van der Waals surface area (Å²) in [5.74, 6) is 0.632. The maximum Gasteiger partial charge on any atom is 0.112 e. The van der Waals surface area contributed by atoms with Crippen LogP contribution in [-0.4, -0.2) is 6.16 Å². The third-order valence-electron chi connectivity index (χ3n) is 5.06. The van der Waals surface area contributed by atoms with Crippen LogP contribution >= 0.6 is 7.26 Å². The van der Waals surface area contributed by atoms with E-state index in [9.17, 15) is 0 Å². The molecule has 0 heterocycles. The van der Waals surface area contributed by atoms with E-state index in [2.05, 4.69) is 107 Å². The SMILES string of the molecule is Cc1ccc([P+](CC(C)C)(c2ccc(C)cc2)c2ccc(C)cc2)cc1.[Cl-]. The molecule has 0 nitrogen and oxygen atoms in total. The van der Waals surface area contributed by atoms with Crippen molar-refractivity contribution >= 4 is 23.2 Å². The van der Waals surface area contributed by atoms with Gasteiger partial charge in [-0.3, -0.25) is 0 Å². The molecule has 0 bridgehead atoms. The second-order valence-electron chi connectivity index (χ2n) is 7.89. The first-order valence-corrected chi connectivity index (χ1v) is 11.5. The van der Waals surface area contributed by atoms with Gasteiger partial charge in [-0.15, -0.1) is 0 Å². The Kier molecular flexibility index (Phi) is 7.26. The van der Waals surface area contributed by atoms with E-state index in [1.54, 1.807) is 0 Å². The van der Waals surface area contributed by atoms with Crippen molar-refractivity contribution in [3.8, 4) is 0 Å². The molecule has 27 heavy (non-hydrogen) atoms. The van der Waals surface area contributed by atoms with Gasteiger partial charge >= 0.3 is 0 Å². The Hall–Kier alpha value is -1.62. The van der Waals surface area contributed by atoms with Gasteiger partial charge in [-0.2, -0.15) is 0 Å². The molecule has 0 atom stereocenters. The van der Waals surface area contributed by atoms with Crippen LogP contribution in [0.15, 0.2) is 72.8 Å². The summed E-state index contributed by atoms with van der Waals surface area (Å²) in [7, 11) is -1.67. The predicted molar refractivity (Wildman–Crippen MR) is 119 cm³/mol. The van der Waals surface area contributed by atoms with E-state index >= 15 is 0 Å². The maximum absolute atomic E-state index is 2.37. The summed E-state index contributed by atoms with van der Waals surface area (Å²) in [6, 6.07) is 27.8. The third-order valence-corrected chi connectivity index (χ3v) is 9.88. The van der Waals surface area contributed by atoms with Crippen LogP contribution in [0.25, 0.3) is 0 Å². The molecular formula is C25H30ClP. The zero-order valence-corrected chi connectivity index (χ0v) is 18.7. The van der Waals surface area contributed by atoms with Crippen molar-refractivity contribution in [3.05, 3.63) is 89.5 Å². The van der Waals surface area contributed by atoms with Gasteiger partial charge in [0.15, 0.2) is 0 Å². The summed E-state index contributed by atoms with van der Waals surface area (Å²) >= 11 is 0. The monoisotopic (exact) mass is 396 g/mol. The zero-order valence-electron chi connectivity index (χ0n) is 17.0. The highest BCUT2D eigenvalue weighted by atomic mass is 35.5. The molecule has 3 aromatic carbocycles. The molecule has 0 amide bonds. The Balaban J connectivity index is 0.00000261. The lowest BCUT2D eigenvalue weighted by molar-refractivity contribution is -0.00000560. The minimum atomic E-state index is -1.67. The van der Waals surface area contributed by atoms with Crippen LogP contribution in [0.5, 0.6) is 0 Å². The van der Waals surface area contributed by atoms with E-state index in [0.29, 0.717) is 5.92 Å². The molecule has 3 rings (SSSR count). The quantitative estimate of drug-likeness (QED) is 0.581. The molecule has 0 fully saturated rings. The van der Waals surface area contributed by atoms with Gasteiger partial charge in [-0.25, -0.2) is 0 Å². The smallest absolute Gasteiger partial charge is 0.112 e. The van der Waals surface area contributed by atoms with Crippen molar-refractivity contribution in [1.29, 1.82) is 0 Å². The number of hydrogen-bond acceptors (Lipinski definition) is 0. The first-order chi connectivity index (χ1) is 12.4. The standard InChI is InChI=1S/C25H30P.ClH/c1-19(2)18-26(23-12-6-20(3)7-13-23,24-14-8-21(4)9-15-24)25-16-10-22(5)11-17-25;/h6-17,19H,18H2,1-5H3;1H/q+1;/p-1. The summed E-state index contributed by atoms with van der Waals surface area (Å²) in [4.78, 5) is 0. The third kappa shape index (κ3) is 4.63. The summed E-state index contributed by atoms with van der Waals surface area (Å²) in [6.45, 7) is 11.2. The van der Waals surface area contributed by atoms with Crippen LogP contribution in [0.4, 0.5) is 0 Å². The molecule has 0 unspecified atom stereocenters. The van der Waals surface area contributed by atoms with E-state index in [1.165, 1.54) is 38.8 Å². The van der Waals surface area contributed by atoms with Gasteiger partial charge in [0, 0.05) is 0 Å². The van der Waals surface area contributed by atoms with Gasteiger partial charge in [-0.1, -0.05) is 66.9 Å². The zero-order chi connectivity index (χ0) is 18.7. The molecular weight excluding hydrogens is 367 g/mol. The molecule has 142 valence electrons. The summed E-state index contributed by atoms with van der Waals surface area (Å²) < 4.78 is 0. The van der Waals surface area contributed by atoms with Crippen LogP contribution in [0.3, 0.4) is 0 Å². The molecule has 0 radical (unpaired) electrons. The number of rotatable bonds is 5. The second kappa shape index (κ2) is 9.05. The van der Waals surface area contributed by atoms with Gasteiger partial charge in [0.2, 0.25) is 0 Å². The molecule has 0 spiro atoms. The lowest BCUT2D eigenvalue weighted by Gasteiger charge is -2.29. The van der Waals surface area contributed by atoms with Gasteiger partial charge in [0.1, 0.15) is 23.2 Å². The topological polar surface area (TPSA) is 0 Å². The number of hydrogen-bond donors (Lipinski definition) is 0. The highest BCUT2D eigenvalue weighted by Gasteiger charge is 2.45. The Morgan fingerprint density at radius 3 is 1.04 bits per heavy atom. The molecule has 0 aromatic heterocycles. The number of aryl methyl sites for hydroxylation is 3. The molecule has 0 N–H and O–H groups in total. The van der Waals surface area contributed by atoms with Crippen molar-refractivity contribution in [1.82, 2.24) is 0 Å². The minimum absolute atomic E-state index is 0. The first kappa shape index (κ1) is 21.7. The average molecular weight is 397 g/mol. The van der Waals surface area contributed by atoms with Crippen molar-refractivity contribution in [2.45, 2.75) is 34.6 Å². The van der Waals surface area contributed by atoms with E-state index in [0.717, 1.165) is 0 Å². The Morgan fingerprint density at radius 1 is 0.556 bits per heavy atom. The summed E-state index contributed by atoms with van der Waals surface area (Å²) in [5, 5.41) is 4.47. The van der Waals surface area contributed by atoms with Crippen LogP contribution in [0, 0.1) is 26.7 Å². The molecule has 2 heteroatoms. The van der Waals surface area contributed by atoms with Gasteiger partial charge in [0.05, 0.1) is 6.16 Å². The van der Waals surface area contributed by atoms with Gasteiger partial charge in [0.25, 0.3) is 0 Å². The minimum Gasteiger partial charge on any atom is -1.00 e. The van der Waals surface area contributed by atoms with Crippen molar-refractivity contribution in [2.24, 2.45) is 5.92 Å². The molecule has 0 aliphatic rings. The number of halogens is 1. The molecule has 3 aromatic rings. The van der Waals surface area contributed by atoms with E-state index in [4.69, 9.17) is 0 Å². The van der Waals surface area contributed by atoms with E-state index < -0.39 is 7.26 Å². The lowest BCUT2D eigenvalue weighted by Crippen LogP contribution is -3.00. The summed E-state index contributed by atoms with van der Waals surface area (Å²) in [5.41, 5.74) is 3.97. The first-order valence-electron chi connectivity index (χ1n) is 9.51. The number of benzene rings is 3. The van der Waals surface area contributed by atoms with Crippen LogP contribution in [-0.2, 0) is 0 Å². The Morgan fingerprint density at radius 2 is 0.815 bits per heavy atom. The van der Waals surface area contributed by atoms with E-state index in [1.807, 2.05) is 0 Å². The highest BCUT2D eigenvalue weighted by molar-refractivity contribution is 7.95. The normalized spacial score (nSPS) is 11.3. The Bertz CT molecular complexity index is 735. The van der Waals surface area contributed by atoms with Crippen molar-refractivity contribution < 1.29 is 12.4 Å². The van der Waals surface area contributed by atoms with E-state index in [-0.39, 0.29) is 12.4 Å². The van der Waals surface area contributed by atoms with Gasteiger partial charge < -0.3 is 12.4 Å². The maximum atomic E-state index is 2.37. The van der Waals surface area contributed by atoms with Crippen molar-refractivity contribution in [3.63, 3.8) is 0 Å². The Labute approximate surface area is 171 Å². The van der Waals surface area contributed by atoms with Crippen LogP contribution in [0.1, 0.15) is 30.5 Å². The highest BCUT2D eigenvalue weighted by Crippen LogP contribution is 2.56. The molecule has 0 saturated carbocycles. The summed E-state index contributed by atoms with van der Waals surface area (Å²) in [6.07, 6.45) is 1.20. The second-order valence-corrected chi connectivity index (χ2v) is 11.4. The fourth-order valence-corrected chi connectivity index (χ4v) is 8.31. The average Bonchev–Trinajstić information content (AvgIpc) is 2.62. The van der Waals surface area contributed by atoms with Gasteiger partial charge in [-0.05, 0) is 63.1 Å². The lowest BCUT2D eigenvalue weighted by atomic mass is 10.2. The van der Waals surface area contributed by atoms with Crippen molar-refractivity contribution in [2.75, 3.05) is 6.16 Å². The fraction of sp³-hybridized carbons (Fsp3) is 0.280. The molecule has 0 aliphatic heterocycles. The van der Waals surface area contributed by atoms with Crippen LogP contribution < -0.4 is 28.3 Å².